The van der Waals surface area contributed by atoms with Crippen LogP contribution in [0.25, 0.3) is 0 Å². The van der Waals surface area contributed by atoms with E-state index in [2.05, 4.69) is 64.6 Å². The third-order valence-electron chi connectivity index (χ3n) is 3.56. The molecule has 0 aliphatic heterocycles. The quantitative estimate of drug-likeness (QED) is 0.529. The van der Waals surface area contributed by atoms with E-state index in [1.165, 1.54) is 24.8 Å². The van der Waals surface area contributed by atoms with Crippen molar-refractivity contribution in [2.75, 3.05) is 5.32 Å². The molecule has 0 radical (unpaired) electrons. The van der Waals surface area contributed by atoms with E-state index in [0.717, 1.165) is 21.6 Å². The van der Waals surface area contributed by atoms with Crippen molar-refractivity contribution in [1.29, 1.82) is 0 Å². The number of hydrogen-bond acceptors (Lipinski definition) is 1. The predicted octanol–water partition coefficient (Wildman–Crippen LogP) is 6.84. The van der Waals surface area contributed by atoms with Crippen LogP contribution in [-0.4, -0.2) is 0 Å². The first kappa shape index (κ1) is 16.4. The SMILES string of the molecule is CCCCCC(Nc1ccc(Br)c(Cl)c1)c1ccccc1. The summed E-state index contributed by atoms with van der Waals surface area (Å²) in [6.45, 7) is 2.24. The Bertz CT molecular complexity index is 556. The number of unbranched alkanes of at least 4 members (excludes halogenated alkanes) is 2. The van der Waals surface area contributed by atoms with Crippen molar-refractivity contribution in [1.82, 2.24) is 0 Å². The first-order chi connectivity index (χ1) is 10.2. The van der Waals surface area contributed by atoms with Crippen LogP contribution in [0.1, 0.15) is 44.2 Å². The normalized spacial score (nSPS) is 12.1. The van der Waals surface area contributed by atoms with Gasteiger partial charge in [-0.3, -0.25) is 0 Å². The van der Waals surface area contributed by atoms with Crippen LogP contribution in [0.4, 0.5) is 5.69 Å². The number of rotatable bonds is 7. The molecule has 0 fully saturated rings. The van der Waals surface area contributed by atoms with Crippen LogP contribution in [0.2, 0.25) is 5.02 Å². The van der Waals surface area contributed by atoms with Crippen LogP contribution in [0.15, 0.2) is 53.0 Å². The van der Waals surface area contributed by atoms with E-state index in [0.29, 0.717) is 6.04 Å². The third-order valence-corrected chi connectivity index (χ3v) is 4.79. The van der Waals surface area contributed by atoms with E-state index in [4.69, 9.17) is 11.6 Å². The van der Waals surface area contributed by atoms with Crippen molar-refractivity contribution in [3.8, 4) is 0 Å². The van der Waals surface area contributed by atoms with E-state index in [9.17, 15) is 0 Å². The lowest BCUT2D eigenvalue weighted by atomic mass is 10.00. The molecule has 0 saturated carbocycles. The van der Waals surface area contributed by atoms with E-state index in [1.54, 1.807) is 0 Å². The summed E-state index contributed by atoms with van der Waals surface area (Å²) in [5.74, 6) is 0. The molecule has 0 spiro atoms. The Morgan fingerprint density at radius 1 is 1.10 bits per heavy atom. The van der Waals surface area contributed by atoms with Crippen molar-refractivity contribution in [3.05, 3.63) is 63.6 Å². The van der Waals surface area contributed by atoms with Gasteiger partial charge in [-0.1, -0.05) is 68.1 Å². The van der Waals surface area contributed by atoms with Crippen molar-refractivity contribution in [3.63, 3.8) is 0 Å². The average Bonchev–Trinajstić information content (AvgIpc) is 2.51. The number of hydrogen-bond donors (Lipinski definition) is 1. The van der Waals surface area contributed by atoms with Gasteiger partial charge in [0.25, 0.3) is 0 Å². The Hall–Kier alpha value is -0.990. The molecule has 0 aliphatic carbocycles. The number of anilines is 1. The van der Waals surface area contributed by atoms with Crippen LogP contribution in [0, 0.1) is 0 Å². The van der Waals surface area contributed by atoms with Gasteiger partial charge < -0.3 is 5.32 Å². The zero-order valence-electron chi connectivity index (χ0n) is 12.3. The van der Waals surface area contributed by atoms with Crippen molar-refractivity contribution in [2.45, 2.75) is 38.6 Å². The second kappa shape index (κ2) is 8.45. The standard InChI is InChI=1S/C18H21BrClN/c1-2-3-5-10-18(14-8-6-4-7-9-14)21-15-11-12-16(19)17(20)13-15/h4,6-9,11-13,18,21H,2-3,5,10H2,1H3. The molecule has 1 nitrogen and oxygen atoms in total. The number of nitrogens with one attached hydrogen (secondary N) is 1. The second-order valence-electron chi connectivity index (χ2n) is 5.23. The van der Waals surface area contributed by atoms with Gasteiger partial charge in [0.1, 0.15) is 0 Å². The fraction of sp³-hybridized carbons (Fsp3) is 0.333. The second-order valence-corrected chi connectivity index (χ2v) is 6.49. The minimum Gasteiger partial charge on any atom is -0.378 e. The maximum absolute atomic E-state index is 6.18. The first-order valence-electron chi connectivity index (χ1n) is 7.47. The number of benzene rings is 2. The Balaban J connectivity index is 2.13. The molecule has 21 heavy (non-hydrogen) atoms. The van der Waals surface area contributed by atoms with E-state index < -0.39 is 0 Å². The van der Waals surface area contributed by atoms with E-state index in [-0.39, 0.29) is 0 Å². The van der Waals surface area contributed by atoms with Crippen LogP contribution >= 0.6 is 27.5 Å². The maximum atomic E-state index is 6.18. The fourth-order valence-corrected chi connectivity index (χ4v) is 2.82. The van der Waals surface area contributed by atoms with Gasteiger partial charge in [-0.25, -0.2) is 0 Å². The Morgan fingerprint density at radius 3 is 2.52 bits per heavy atom. The monoisotopic (exact) mass is 365 g/mol. The van der Waals surface area contributed by atoms with Crippen molar-refractivity contribution < 1.29 is 0 Å². The topological polar surface area (TPSA) is 12.0 Å². The molecular weight excluding hydrogens is 346 g/mol. The molecule has 1 unspecified atom stereocenters. The highest BCUT2D eigenvalue weighted by molar-refractivity contribution is 9.10. The minimum atomic E-state index is 0.329. The van der Waals surface area contributed by atoms with Crippen LogP contribution in [-0.2, 0) is 0 Å². The predicted molar refractivity (Wildman–Crippen MR) is 96.1 cm³/mol. The van der Waals surface area contributed by atoms with Gasteiger partial charge in [-0.2, -0.15) is 0 Å². The first-order valence-corrected chi connectivity index (χ1v) is 8.64. The Kier molecular flexibility index (Phi) is 6.59. The van der Waals surface area contributed by atoms with Gasteiger partial charge in [-0.05, 0) is 46.1 Å². The lowest BCUT2D eigenvalue weighted by Gasteiger charge is -2.21. The lowest BCUT2D eigenvalue weighted by Crippen LogP contribution is -2.10. The number of halogens is 2. The van der Waals surface area contributed by atoms with Gasteiger partial charge in [0.15, 0.2) is 0 Å². The van der Waals surface area contributed by atoms with Gasteiger partial charge >= 0.3 is 0 Å². The zero-order chi connectivity index (χ0) is 15.1. The van der Waals surface area contributed by atoms with Gasteiger partial charge in [0, 0.05) is 10.2 Å². The maximum Gasteiger partial charge on any atom is 0.0568 e. The summed E-state index contributed by atoms with van der Waals surface area (Å²) in [5, 5.41) is 4.35. The summed E-state index contributed by atoms with van der Waals surface area (Å²) >= 11 is 9.62. The van der Waals surface area contributed by atoms with E-state index >= 15 is 0 Å². The molecule has 3 heteroatoms. The molecule has 0 bridgehead atoms. The molecule has 2 aromatic carbocycles. The highest BCUT2D eigenvalue weighted by Gasteiger charge is 2.11. The summed E-state index contributed by atoms with van der Waals surface area (Å²) < 4.78 is 0.928. The summed E-state index contributed by atoms with van der Waals surface area (Å²) in [6, 6.07) is 17.0. The molecule has 2 rings (SSSR count). The molecule has 2 aromatic rings. The highest BCUT2D eigenvalue weighted by Crippen LogP contribution is 2.29. The zero-order valence-corrected chi connectivity index (χ0v) is 14.6. The Labute approximate surface area is 140 Å². The van der Waals surface area contributed by atoms with Crippen molar-refractivity contribution in [2.24, 2.45) is 0 Å². The smallest absolute Gasteiger partial charge is 0.0568 e. The van der Waals surface area contributed by atoms with Gasteiger partial charge in [-0.15, -0.1) is 0 Å². The van der Waals surface area contributed by atoms with Crippen LogP contribution in [0.3, 0.4) is 0 Å². The fourth-order valence-electron chi connectivity index (χ4n) is 2.39. The lowest BCUT2D eigenvalue weighted by molar-refractivity contribution is 0.606. The summed E-state index contributed by atoms with van der Waals surface area (Å²) in [4.78, 5) is 0. The van der Waals surface area contributed by atoms with Gasteiger partial charge in [0.2, 0.25) is 0 Å². The largest absolute Gasteiger partial charge is 0.378 e. The molecule has 0 aliphatic rings. The van der Waals surface area contributed by atoms with Gasteiger partial charge in [0.05, 0.1) is 11.1 Å². The molecule has 0 saturated heterocycles. The average molecular weight is 367 g/mol. The molecule has 1 atom stereocenters. The summed E-state index contributed by atoms with van der Waals surface area (Å²) in [5.41, 5.74) is 2.39. The van der Waals surface area contributed by atoms with Crippen LogP contribution < -0.4 is 5.32 Å². The highest BCUT2D eigenvalue weighted by atomic mass is 79.9. The minimum absolute atomic E-state index is 0.329. The molecule has 0 aromatic heterocycles. The summed E-state index contributed by atoms with van der Waals surface area (Å²) in [7, 11) is 0. The molecule has 112 valence electrons. The summed E-state index contributed by atoms with van der Waals surface area (Å²) in [6.07, 6.45) is 4.87. The van der Waals surface area contributed by atoms with E-state index in [1.807, 2.05) is 12.1 Å². The Morgan fingerprint density at radius 2 is 1.86 bits per heavy atom. The molecule has 0 heterocycles. The molecular formula is C18H21BrClN. The molecule has 1 N–H and O–H groups in total. The van der Waals surface area contributed by atoms with Crippen molar-refractivity contribution >= 4 is 33.2 Å². The third kappa shape index (κ3) is 5.05. The van der Waals surface area contributed by atoms with Crippen LogP contribution in [0.5, 0.6) is 0 Å². The molecule has 0 amide bonds.